The van der Waals surface area contributed by atoms with Gasteiger partial charge < -0.3 is 14.9 Å². The predicted molar refractivity (Wildman–Crippen MR) is 73.1 cm³/mol. The number of hydrogen-bond donors (Lipinski definition) is 1. The molecule has 0 radical (unpaired) electrons. The van der Waals surface area contributed by atoms with Gasteiger partial charge in [0.05, 0.1) is 11.8 Å². The summed E-state index contributed by atoms with van der Waals surface area (Å²) < 4.78 is 0. The van der Waals surface area contributed by atoms with Crippen LogP contribution >= 0.6 is 0 Å². The fourth-order valence-corrected chi connectivity index (χ4v) is 2.56. The van der Waals surface area contributed by atoms with E-state index in [4.69, 9.17) is 0 Å². The lowest BCUT2D eigenvalue weighted by Crippen LogP contribution is -2.40. The Kier molecular flexibility index (Phi) is 4.37. The van der Waals surface area contributed by atoms with E-state index < -0.39 is 0 Å². The maximum absolute atomic E-state index is 12.2. The zero-order valence-corrected chi connectivity index (χ0v) is 11.5. The van der Waals surface area contributed by atoms with E-state index in [1.54, 1.807) is 0 Å². The Balaban J connectivity index is 1.92. The van der Waals surface area contributed by atoms with Crippen LogP contribution in [0.3, 0.4) is 0 Å². The number of likely N-dealkylation sites (tertiary alicyclic amines) is 1. The molecule has 0 saturated carbocycles. The fourth-order valence-electron chi connectivity index (χ4n) is 2.56. The van der Waals surface area contributed by atoms with Crippen LogP contribution in [0.4, 0.5) is 0 Å². The molecule has 104 valence electrons. The van der Waals surface area contributed by atoms with Crippen LogP contribution in [0.1, 0.15) is 23.2 Å². The molecule has 1 aromatic heterocycles. The minimum Gasteiger partial charge on any atom is -0.506 e. The lowest BCUT2D eigenvalue weighted by molar-refractivity contribution is 0.0677. The highest BCUT2D eigenvalue weighted by Gasteiger charge is 2.24. The van der Waals surface area contributed by atoms with E-state index in [1.807, 2.05) is 4.90 Å². The van der Waals surface area contributed by atoms with Crippen LogP contribution in [-0.4, -0.2) is 59.5 Å². The molecule has 0 aromatic carbocycles. The van der Waals surface area contributed by atoms with Gasteiger partial charge in [0, 0.05) is 25.8 Å². The third-order valence-electron chi connectivity index (χ3n) is 3.50. The van der Waals surface area contributed by atoms with Gasteiger partial charge in [0.15, 0.2) is 0 Å². The molecule has 0 atom stereocenters. The highest BCUT2D eigenvalue weighted by Crippen LogP contribution is 2.20. The Morgan fingerprint density at radius 3 is 2.68 bits per heavy atom. The number of aromatic nitrogens is 1. The molecular weight excluding hydrogens is 242 g/mol. The molecular formula is C14H21N3O2. The van der Waals surface area contributed by atoms with Gasteiger partial charge in [-0.3, -0.25) is 9.78 Å². The standard InChI is InChI=1S/C14H21N3O2/c1-16(2)10-11-3-5-17(6-4-11)14(19)12-7-13(18)9-15-8-12/h7-9,11,18H,3-6,10H2,1-2H3. The van der Waals surface area contributed by atoms with E-state index in [0.29, 0.717) is 11.5 Å². The first-order valence-corrected chi connectivity index (χ1v) is 6.64. The smallest absolute Gasteiger partial charge is 0.255 e. The van der Waals surface area contributed by atoms with Crippen LogP contribution in [0.5, 0.6) is 5.75 Å². The molecule has 5 heteroatoms. The van der Waals surface area contributed by atoms with E-state index in [-0.39, 0.29) is 11.7 Å². The second-order valence-corrected chi connectivity index (χ2v) is 5.43. The summed E-state index contributed by atoms with van der Waals surface area (Å²) in [5.41, 5.74) is 0.464. The molecule has 2 heterocycles. The number of amides is 1. The maximum Gasteiger partial charge on any atom is 0.255 e. The highest BCUT2D eigenvalue weighted by molar-refractivity contribution is 5.94. The van der Waals surface area contributed by atoms with Crippen LogP contribution in [0, 0.1) is 5.92 Å². The molecule has 1 aromatic rings. The Bertz CT molecular complexity index is 440. The van der Waals surface area contributed by atoms with Gasteiger partial charge in [-0.25, -0.2) is 0 Å². The van der Waals surface area contributed by atoms with Crippen molar-refractivity contribution in [1.82, 2.24) is 14.8 Å². The van der Waals surface area contributed by atoms with Crippen molar-refractivity contribution in [2.45, 2.75) is 12.8 Å². The van der Waals surface area contributed by atoms with Gasteiger partial charge in [-0.2, -0.15) is 0 Å². The SMILES string of the molecule is CN(C)CC1CCN(C(=O)c2cncc(O)c2)CC1. The van der Waals surface area contributed by atoms with Crippen molar-refractivity contribution in [3.05, 3.63) is 24.0 Å². The molecule has 0 aliphatic carbocycles. The Labute approximate surface area is 113 Å². The zero-order valence-electron chi connectivity index (χ0n) is 11.5. The number of rotatable bonds is 3. The summed E-state index contributed by atoms with van der Waals surface area (Å²) in [6.07, 6.45) is 4.92. The van der Waals surface area contributed by atoms with Crippen LogP contribution in [-0.2, 0) is 0 Å². The minimum absolute atomic E-state index is 0.0355. The van der Waals surface area contributed by atoms with Crippen molar-refractivity contribution >= 4 is 5.91 Å². The number of pyridine rings is 1. The summed E-state index contributed by atoms with van der Waals surface area (Å²) in [6, 6.07) is 1.47. The van der Waals surface area contributed by atoms with Crippen molar-refractivity contribution in [3.63, 3.8) is 0 Å². The maximum atomic E-state index is 12.2. The van der Waals surface area contributed by atoms with Crippen LogP contribution in [0.2, 0.25) is 0 Å². The largest absolute Gasteiger partial charge is 0.506 e. The molecule has 2 rings (SSSR count). The number of carbonyl (C=O) groups excluding carboxylic acids is 1. The first-order valence-electron chi connectivity index (χ1n) is 6.64. The molecule has 0 bridgehead atoms. The normalized spacial score (nSPS) is 16.9. The first kappa shape index (κ1) is 13.8. The number of piperidine rings is 1. The molecule has 1 aliphatic rings. The monoisotopic (exact) mass is 263 g/mol. The Hall–Kier alpha value is -1.62. The third kappa shape index (κ3) is 3.67. The second-order valence-electron chi connectivity index (χ2n) is 5.43. The highest BCUT2D eigenvalue weighted by atomic mass is 16.3. The van der Waals surface area contributed by atoms with Gasteiger partial charge in [0.2, 0.25) is 0 Å². The van der Waals surface area contributed by atoms with Gasteiger partial charge in [0.25, 0.3) is 5.91 Å². The van der Waals surface area contributed by atoms with Crippen molar-refractivity contribution in [3.8, 4) is 5.75 Å². The molecule has 1 N–H and O–H groups in total. The van der Waals surface area contributed by atoms with Gasteiger partial charge in [-0.15, -0.1) is 0 Å². The van der Waals surface area contributed by atoms with Crippen LogP contribution in [0.15, 0.2) is 18.5 Å². The van der Waals surface area contributed by atoms with Crippen molar-refractivity contribution in [2.75, 3.05) is 33.7 Å². The average Bonchev–Trinajstić information content (AvgIpc) is 2.38. The molecule has 0 unspecified atom stereocenters. The summed E-state index contributed by atoms with van der Waals surface area (Å²) in [5.74, 6) is 0.668. The fraction of sp³-hybridized carbons (Fsp3) is 0.571. The lowest BCUT2D eigenvalue weighted by Gasteiger charge is -2.33. The number of nitrogens with zero attached hydrogens (tertiary/aromatic N) is 3. The quantitative estimate of drug-likeness (QED) is 0.890. The number of aromatic hydroxyl groups is 1. The third-order valence-corrected chi connectivity index (χ3v) is 3.50. The van der Waals surface area contributed by atoms with E-state index in [2.05, 4.69) is 24.0 Å². The van der Waals surface area contributed by atoms with Crippen LogP contribution in [0.25, 0.3) is 0 Å². The number of carbonyl (C=O) groups is 1. The van der Waals surface area contributed by atoms with E-state index in [0.717, 1.165) is 32.5 Å². The van der Waals surface area contributed by atoms with Gasteiger partial charge in [-0.1, -0.05) is 0 Å². The number of hydrogen-bond acceptors (Lipinski definition) is 4. The summed E-state index contributed by atoms with van der Waals surface area (Å²) in [4.78, 5) is 20.1. The zero-order chi connectivity index (χ0) is 13.8. The lowest BCUT2D eigenvalue weighted by atomic mass is 9.96. The predicted octanol–water partition coefficient (Wildman–Crippen LogP) is 1.20. The molecule has 1 saturated heterocycles. The Morgan fingerprint density at radius 1 is 1.42 bits per heavy atom. The van der Waals surface area contributed by atoms with Gasteiger partial charge in [-0.05, 0) is 38.9 Å². The molecule has 1 amide bonds. The minimum atomic E-state index is -0.0355. The van der Waals surface area contributed by atoms with Crippen molar-refractivity contribution < 1.29 is 9.90 Å². The summed E-state index contributed by atoms with van der Waals surface area (Å²) in [5, 5.41) is 9.36. The van der Waals surface area contributed by atoms with Gasteiger partial charge >= 0.3 is 0 Å². The van der Waals surface area contributed by atoms with Crippen molar-refractivity contribution in [1.29, 1.82) is 0 Å². The summed E-state index contributed by atoms with van der Waals surface area (Å²) in [7, 11) is 4.16. The van der Waals surface area contributed by atoms with Crippen molar-refractivity contribution in [2.24, 2.45) is 5.92 Å². The van der Waals surface area contributed by atoms with Crippen LogP contribution < -0.4 is 0 Å². The summed E-state index contributed by atoms with van der Waals surface area (Å²) in [6.45, 7) is 2.65. The van der Waals surface area contributed by atoms with E-state index in [1.165, 1.54) is 18.5 Å². The summed E-state index contributed by atoms with van der Waals surface area (Å²) >= 11 is 0. The molecule has 19 heavy (non-hydrogen) atoms. The first-order chi connectivity index (χ1) is 9.06. The molecule has 5 nitrogen and oxygen atoms in total. The van der Waals surface area contributed by atoms with E-state index >= 15 is 0 Å². The average molecular weight is 263 g/mol. The van der Waals surface area contributed by atoms with Gasteiger partial charge in [0.1, 0.15) is 5.75 Å². The second kappa shape index (κ2) is 6.02. The van der Waals surface area contributed by atoms with E-state index in [9.17, 15) is 9.90 Å². The Morgan fingerprint density at radius 2 is 2.11 bits per heavy atom. The molecule has 1 fully saturated rings. The topological polar surface area (TPSA) is 56.7 Å². The molecule has 1 aliphatic heterocycles. The molecule has 0 spiro atoms.